The fourth-order valence-corrected chi connectivity index (χ4v) is 3.64. The number of likely N-dealkylation sites (tertiary alicyclic amines) is 1. The fourth-order valence-electron chi connectivity index (χ4n) is 3.64. The molecule has 1 heterocycles. The molecule has 0 radical (unpaired) electrons. The Morgan fingerprint density at radius 2 is 1.70 bits per heavy atom. The third-order valence-corrected chi connectivity index (χ3v) is 5.46. The van der Waals surface area contributed by atoms with Crippen molar-refractivity contribution in [2.45, 2.75) is 58.5 Å². The molecular weight excluding hydrogens is 342 g/mol. The molecule has 1 aliphatic heterocycles. The van der Waals surface area contributed by atoms with Gasteiger partial charge in [-0.3, -0.25) is 9.69 Å². The third-order valence-electron chi connectivity index (χ3n) is 5.46. The normalized spacial score (nSPS) is 16.6. The topological polar surface area (TPSA) is 72.9 Å². The van der Waals surface area contributed by atoms with Gasteiger partial charge in [0.05, 0.1) is 12.6 Å². The molecule has 6 nitrogen and oxygen atoms in total. The van der Waals surface area contributed by atoms with Gasteiger partial charge in [-0.15, -0.1) is 0 Å². The summed E-state index contributed by atoms with van der Waals surface area (Å²) in [5.41, 5.74) is 2.39. The Kier molecular flexibility index (Phi) is 7.66. The van der Waals surface area contributed by atoms with E-state index in [2.05, 4.69) is 43.4 Å². The van der Waals surface area contributed by atoms with Crippen LogP contribution in [-0.4, -0.2) is 59.1 Å². The summed E-state index contributed by atoms with van der Waals surface area (Å²) in [4.78, 5) is 27.4. The molecule has 27 heavy (non-hydrogen) atoms. The van der Waals surface area contributed by atoms with E-state index in [0.717, 1.165) is 18.4 Å². The molecule has 2 rings (SSSR count). The number of carbonyl (C=O) groups excluding carboxylic acids is 1. The average Bonchev–Trinajstić information content (AvgIpc) is 2.66. The predicted molar refractivity (Wildman–Crippen MR) is 107 cm³/mol. The van der Waals surface area contributed by atoms with Gasteiger partial charge in [0, 0.05) is 19.1 Å². The van der Waals surface area contributed by atoms with E-state index in [1.165, 1.54) is 5.56 Å². The van der Waals surface area contributed by atoms with Crippen LogP contribution < -0.4 is 5.32 Å². The first-order valence-electron chi connectivity index (χ1n) is 9.93. The van der Waals surface area contributed by atoms with Crippen molar-refractivity contribution in [1.82, 2.24) is 15.1 Å². The lowest BCUT2D eigenvalue weighted by atomic mass is 9.99. The Bertz CT molecular complexity index is 622. The summed E-state index contributed by atoms with van der Waals surface area (Å²) in [6.07, 6.45) is 1.62. The van der Waals surface area contributed by atoms with Gasteiger partial charge in [-0.2, -0.15) is 0 Å². The number of carboxylic acids is 1. The molecule has 1 aliphatic rings. The molecule has 2 N–H and O–H groups in total. The van der Waals surface area contributed by atoms with Gasteiger partial charge in [-0.25, -0.2) is 4.79 Å². The van der Waals surface area contributed by atoms with Crippen molar-refractivity contribution in [2.24, 2.45) is 0 Å². The Hall–Kier alpha value is -2.08. The van der Waals surface area contributed by atoms with E-state index in [1.807, 2.05) is 23.6 Å². The molecule has 2 amide bonds. The molecule has 0 spiro atoms. The highest BCUT2D eigenvalue weighted by atomic mass is 16.4. The summed E-state index contributed by atoms with van der Waals surface area (Å²) in [6, 6.07) is 8.54. The summed E-state index contributed by atoms with van der Waals surface area (Å²) in [5, 5.41) is 12.1. The second-order valence-corrected chi connectivity index (χ2v) is 7.67. The number of carbonyl (C=O) groups is 2. The minimum absolute atomic E-state index is 0.0458. The molecule has 1 fully saturated rings. The molecule has 1 saturated heterocycles. The van der Waals surface area contributed by atoms with E-state index in [4.69, 9.17) is 5.11 Å². The first-order valence-corrected chi connectivity index (χ1v) is 9.93. The van der Waals surface area contributed by atoms with Crippen molar-refractivity contribution in [3.8, 4) is 0 Å². The number of rotatable bonds is 7. The lowest BCUT2D eigenvalue weighted by Gasteiger charge is -2.37. The van der Waals surface area contributed by atoms with Crippen LogP contribution in [0.3, 0.4) is 0 Å². The van der Waals surface area contributed by atoms with E-state index < -0.39 is 5.97 Å². The number of nitrogens with zero attached hydrogens (tertiary/aromatic N) is 2. The SMILES string of the molecule is CCN(CC(=O)O)C1CCN(C(=O)NC(C)c2ccc(C(C)C)cc2)CC1. The summed E-state index contributed by atoms with van der Waals surface area (Å²) >= 11 is 0. The van der Waals surface area contributed by atoms with Crippen molar-refractivity contribution in [3.63, 3.8) is 0 Å². The Morgan fingerprint density at radius 1 is 1.15 bits per heavy atom. The molecule has 0 saturated carbocycles. The molecule has 150 valence electrons. The van der Waals surface area contributed by atoms with Crippen molar-refractivity contribution in [2.75, 3.05) is 26.2 Å². The van der Waals surface area contributed by atoms with Gasteiger partial charge < -0.3 is 15.3 Å². The van der Waals surface area contributed by atoms with Crippen LogP contribution >= 0.6 is 0 Å². The van der Waals surface area contributed by atoms with Gasteiger partial charge in [0.15, 0.2) is 0 Å². The molecule has 1 unspecified atom stereocenters. The Labute approximate surface area is 162 Å². The maximum absolute atomic E-state index is 12.6. The fraction of sp³-hybridized carbons (Fsp3) is 0.619. The number of hydrogen-bond acceptors (Lipinski definition) is 3. The summed E-state index contributed by atoms with van der Waals surface area (Å²) in [6.45, 7) is 10.4. The molecular formula is C21H33N3O3. The van der Waals surface area contributed by atoms with E-state index in [0.29, 0.717) is 25.6 Å². The Balaban J connectivity index is 1.85. The number of likely N-dealkylation sites (N-methyl/N-ethyl adjacent to an activating group) is 1. The van der Waals surface area contributed by atoms with E-state index in [-0.39, 0.29) is 24.7 Å². The molecule has 1 aromatic carbocycles. The van der Waals surface area contributed by atoms with Crippen molar-refractivity contribution >= 4 is 12.0 Å². The zero-order valence-corrected chi connectivity index (χ0v) is 16.9. The van der Waals surface area contributed by atoms with Crippen LogP contribution in [0.2, 0.25) is 0 Å². The van der Waals surface area contributed by atoms with Gasteiger partial charge in [0.25, 0.3) is 0 Å². The van der Waals surface area contributed by atoms with Gasteiger partial charge in [0.2, 0.25) is 0 Å². The third kappa shape index (κ3) is 5.96. The molecule has 1 atom stereocenters. The minimum atomic E-state index is -0.797. The number of hydrogen-bond donors (Lipinski definition) is 2. The van der Waals surface area contributed by atoms with Crippen LogP contribution in [-0.2, 0) is 4.79 Å². The lowest BCUT2D eigenvalue weighted by Crippen LogP contribution is -2.50. The number of piperidine rings is 1. The smallest absolute Gasteiger partial charge is 0.317 e. The Morgan fingerprint density at radius 3 is 2.19 bits per heavy atom. The van der Waals surface area contributed by atoms with Crippen LogP contribution in [0.25, 0.3) is 0 Å². The summed E-state index contributed by atoms with van der Waals surface area (Å²) < 4.78 is 0. The predicted octanol–water partition coefficient (Wildman–Crippen LogP) is 3.45. The lowest BCUT2D eigenvalue weighted by molar-refractivity contribution is -0.139. The molecule has 0 aliphatic carbocycles. The van der Waals surface area contributed by atoms with Crippen LogP contribution in [0.1, 0.15) is 63.6 Å². The van der Waals surface area contributed by atoms with Crippen LogP contribution in [0.4, 0.5) is 4.79 Å². The molecule has 6 heteroatoms. The zero-order valence-electron chi connectivity index (χ0n) is 16.9. The first-order chi connectivity index (χ1) is 12.8. The van der Waals surface area contributed by atoms with E-state index in [9.17, 15) is 9.59 Å². The number of nitrogens with one attached hydrogen (secondary N) is 1. The van der Waals surface area contributed by atoms with Gasteiger partial charge >= 0.3 is 12.0 Å². The van der Waals surface area contributed by atoms with Crippen molar-refractivity contribution in [1.29, 1.82) is 0 Å². The van der Waals surface area contributed by atoms with Gasteiger partial charge in [-0.1, -0.05) is 45.0 Å². The van der Waals surface area contributed by atoms with E-state index in [1.54, 1.807) is 0 Å². The maximum Gasteiger partial charge on any atom is 0.317 e. The molecule has 0 aromatic heterocycles. The monoisotopic (exact) mass is 375 g/mol. The van der Waals surface area contributed by atoms with Crippen LogP contribution in [0.15, 0.2) is 24.3 Å². The highest BCUT2D eigenvalue weighted by Crippen LogP contribution is 2.20. The second kappa shape index (κ2) is 9.74. The standard InChI is InChI=1S/C21H33N3O3/c1-5-23(14-20(25)26)19-10-12-24(13-11-19)21(27)22-16(4)18-8-6-17(7-9-18)15(2)3/h6-9,15-16,19H,5,10-14H2,1-4H3,(H,22,27)(H,25,26). The van der Waals surface area contributed by atoms with Crippen molar-refractivity contribution < 1.29 is 14.7 Å². The minimum Gasteiger partial charge on any atom is -0.480 e. The number of carboxylic acid groups (broad SMARTS) is 1. The highest BCUT2D eigenvalue weighted by molar-refractivity contribution is 5.74. The number of urea groups is 1. The number of aliphatic carboxylic acids is 1. The quantitative estimate of drug-likeness (QED) is 0.766. The number of amides is 2. The van der Waals surface area contributed by atoms with Gasteiger partial charge in [-0.05, 0) is 43.4 Å². The van der Waals surface area contributed by atoms with Crippen molar-refractivity contribution in [3.05, 3.63) is 35.4 Å². The maximum atomic E-state index is 12.6. The summed E-state index contributed by atoms with van der Waals surface area (Å²) in [7, 11) is 0. The summed E-state index contributed by atoms with van der Waals surface area (Å²) in [5.74, 6) is -0.302. The molecule has 0 bridgehead atoms. The van der Waals surface area contributed by atoms with Gasteiger partial charge in [0.1, 0.15) is 0 Å². The molecule has 1 aromatic rings. The highest BCUT2D eigenvalue weighted by Gasteiger charge is 2.27. The first kappa shape index (κ1) is 21.2. The second-order valence-electron chi connectivity index (χ2n) is 7.67. The van der Waals surface area contributed by atoms with Crippen LogP contribution in [0, 0.1) is 0 Å². The average molecular weight is 376 g/mol. The largest absolute Gasteiger partial charge is 0.480 e. The number of benzene rings is 1. The zero-order chi connectivity index (χ0) is 20.0. The van der Waals surface area contributed by atoms with Crippen LogP contribution in [0.5, 0.6) is 0 Å². The van der Waals surface area contributed by atoms with E-state index >= 15 is 0 Å².